The summed E-state index contributed by atoms with van der Waals surface area (Å²) in [7, 11) is 4.56. The summed E-state index contributed by atoms with van der Waals surface area (Å²) in [4.78, 5) is 0. The lowest BCUT2D eigenvalue weighted by Crippen LogP contribution is -2.58. The zero-order chi connectivity index (χ0) is 10.7. The molecular weight excluding hydrogens is 188 g/mol. The molecule has 14 heavy (non-hydrogen) atoms. The van der Waals surface area contributed by atoms with Crippen LogP contribution in [0.25, 0.3) is 0 Å². The Balaban J connectivity index is 2.76. The fraction of sp³-hybridized carbons (Fsp3) is 1.00. The fourth-order valence-corrected chi connectivity index (χ4v) is 1.81. The van der Waals surface area contributed by atoms with Crippen molar-refractivity contribution in [3.63, 3.8) is 0 Å². The molecule has 0 aliphatic carbocycles. The van der Waals surface area contributed by atoms with Crippen LogP contribution in [0, 0.1) is 0 Å². The maximum atomic E-state index is 11.5. The third-order valence-corrected chi connectivity index (χ3v) is 2.54. The van der Waals surface area contributed by atoms with E-state index < -0.39 is 12.4 Å². The predicted octanol–water partition coefficient (Wildman–Crippen LogP) is 0.207. The van der Waals surface area contributed by atoms with Gasteiger partial charge in [-0.1, -0.05) is 0 Å². The van der Waals surface area contributed by atoms with Crippen molar-refractivity contribution in [3.8, 4) is 0 Å². The van der Waals surface area contributed by atoms with Crippen molar-refractivity contribution in [1.82, 2.24) is 0 Å². The van der Waals surface area contributed by atoms with Crippen molar-refractivity contribution >= 4 is 0 Å². The van der Waals surface area contributed by atoms with Gasteiger partial charge in [-0.05, 0) is 6.92 Å². The first-order valence-corrected chi connectivity index (χ1v) is 4.55. The molecule has 1 rings (SSSR count). The van der Waals surface area contributed by atoms with Crippen LogP contribution in [0.1, 0.15) is 6.92 Å². The van der Waals surface area contributed by atoms with Gasteiger partial charge in [-0.25, -0.2) is 0 Å². The molecular formula is C9H17O5. The van der Waals surface area contributed by atoms with Crippen LogP contribution in [0.3, 0.4) is 0 Å². The van der Waals surface area contributed by atoms with Gasteiger partial charge in [-0.3, -0.25) is 0 Å². The van der Waals surface area contributed by atoms with Crippen LogP contribution < -0.4 is 0 Å². The molecule has 5 atom stereocenters. The standard InChI is InChI=1S/C9H17O5/c1-5-6(11-2)7(12-3)8(13-4)9(10)14-5/h5-9H,1-4H3/t5?,6-,7?,8?,9+/m0/s1. The molecule has 1 heterocycles. The molecule has 1 fully saturated rings. The highest BCUT2D eigenvalue weighted by Crippen LogP contribution is 2.25. The molecule has 0 N–H and O–H groups in total. The van der Waals surface area contributed by atoms with E-state index in [1.165, 1.54) is 14.2 Å². The predicted molar refractivity (Wildman–Crippen MR) is 47.4 cm³/mol. The zero-order valence-electron chi connectivity index (χ0n) is 8.93. The van der Waals surface area contributed by atoms with Crippen LogP contribution in [0.4, 0.5) is 0 Å². The number of hydrogen-bond acceptors (Lipinski definition) is 4. The lowest BCUT2D eigenvalue weighted by atomic mass is 9.99. The molecule has 83 valence electrons. The summed E-state index contributed by atoms with van der Waals surface area (Å²) in [5.74, 6) is 0. The summed E-state index contributed by atoms with van der Waals surface area (Å²) in [6, 6.07) is 0. The van der Waals surface area contributed by atoms with E-state index >= 15 is 0 Å². The van der Waals surface area contributed by atoms with Crippen molar-refractivity contribution in [2.24, 2.45) is 0 Å². The van der Waals surface area contributed by atoms with Crippen molar-refractivity contribution in [2.75, 3.05) is 21.3 Å². The summed E-state index contributed by atoms with van der Waals surface area (Å²) in [5.41, 5.74) is 0. The van der Waals surface area contributed by atoms with Crippen LogP contribution >= 0.6 is 0 Å². The number of hydrogen-bond donors (Lipinski definition) is 0. The van der Waals surface area contributed by atoms with Crippen molar-refractivity contribution in [2.45, 2.75) is 37.6 Å². The van der Waals surface area contributed by atoms with Gasteiger partial charge in [0.1, 0.15) is 18.3 Å². The van der Waals surface area contributed by atoms with E-state index in [0.29, 0.717) is 0 Å². The van der Waals surface area contributed by atoms with E-state index in [4.69, 9.17) is 18.9 Å². The molecule has 0 amide bonds. The van der Waals surface area contributed by atoms with Crippen LogP contribution in [0.2, 0.25) is 0 Å². The second kappa shape index (κ2) is 5.04. The first kappa shape index (κ1) is 11.9. The molecule has 1 aliphatic heterocycles. The minimum atomic E-state index is -1.22. The normalized spacial score (nSPS) is 43.9. The molecule has 0 aromatic rings. The monoisotopic (exact) mass is 205 g/mol. The lowest BCUT2D eigenvalue weighted by molar-refractivity contribution is -0.307. The van der Waals surface area contributed by atoms with Crippen molar-refractivity contribution < 1.29 is 24.1 Å². The Kier molecular flexibility index (Phi) is 4.28. The van der Waals surface area contributed by atoms with E-state index in [2.05, 4.69) is 0 Å². The van der Waals surface area contributed by atoms with E-state index in [0.717, 1.165) is 0 Å². The van der Waals surface area contributed by atoms with Gasteiger partial charge < -0.3 is 18.9 Å². The quantitative estimate of drug-likeness (QED) is 0.660. The molecule has 1 saturated heterocycles. The third kappa shape index (κ3) is 2.07. The summed E-state index contributed by atoms with van der Waals surface area (Å²) in [5, 5.41) is 11.5. The van der Waals surface area contributed by atoms with Gasteiger partial charge in [0.2, 0.25) is 6.29 Å². The summed E-state index contributed by atoms with van der Waals surface area (Å²) in [6.45, 7) is 1.79. The topological polar surface area (TPSA) is 56.8 Å². The van der Waals surface area contributed by atoms with Crippen LogP contribution in [0.5, 0.6) is 0 Å². The average molecular weight is 205 g/mol. The Hall–Kier alpha value is -0.200. The smallest absolute Gasteiger partial charge is 0.220 e. The Labute approximate surface area is 83.9 Å². The second-order valence-electron chi connectivity index (χ2n) is 3.31. The Bertz CT molecular complexity index is 159. The molecule has 0 aromatic heterocycles. The number of methoxy groups -OCH3 is 3. The van der Waals surface area contributed by atoms with Crippen LogP contribution in [0.15, 0.2) is 0 Å². The SMILES string of the molecule is COC1C(OC)[C@H]([O])OC(C)[C@@H]1OC. The lowest BCUT2D eigenvalue weighted by Gasteiger charge is -2.41. The van der Waals surface area contributed by atoms with Crippen molar-refractivity contribution in [1.29, 1.82) is 0 Å². The highest BCUT2D eigenvalue weighted by Gasteiger charge is 2.45. The fourth-order valence-electron chi connectivity index (χ4n) is 1.81. The van der Waals surface area contributed by atoms with Gasteiger partial charge in [0.05, 0.1) is 6.10 Å². The number of rotatable bonds is 3. The van der Waals surface area contributed by atoms with Gasteiger partial charge in [-0.2, -0.15) is 5.11 Å². The van der Waals surface area contributed by atoms with E-state index in [1.54, 1.807) is 14.0 Å². The molecule has 0 bridgehead atoms. The molecule has 5 nitrogen and oxygen atoms in total. The zero-order valence-corrected chi connectivity index (χ0v) is 8.93. The summed E-state index contributed by atoms with van der Waals surface area (Å²) < 4.78 is 20.6. The molecule has 0 spiro atoms. The molecule has 5 heteroatoms. The molecule has 0 saturated carbocycles. The minimum Gasteiger partial charge on any atom is -0.376 e. The van der Waals surface area contributed by atoms with Gasteiger partial charge >= 0.3 is 0 Å². The Morgan fingerprint density at radius 1 is 0.929 bits per heavy atom. The van der Waals surface area contributed by atoms with Crippen molar-refractivity contribution in [3.05, 3.63) is 0 Å². The van der Waals surface area contributed by atoms with E-state index in [-0.39, 0.29) is 18.3 Å². The highest BCUT2D eigenvalue weighted by molar-refractivity contribution is 4.89. The Morgan fingerprint density at radius 3 is 1.86 bits per heavy atom. The first-order chi connectivity index (χ1) is 6.65. The van der Waals surface area contributed by atoms with Gasteiger partial charge in [0.15, 0.2) is 0 Å². The molecule has 0 aromatic carbocycles. The van der Waals surface area contributed by atoms with Gasteiger partial charge in [-0.15, -0.1) is 0 Å². The largest absolute Gasteiger partial charge is 0.376 e. The molecule has 1 aliphatic rings. The second-order valence-corrected chi connectivity index (χ2v) is 3.31. The summed E-state index contributed by atoms with van der Waals surface area (Å²) >= 11 is 0. The molecule has 1 radical (unpaired) electrons. The third-order valence-electron chi connectivity index (χ3n) is 2.54. The van der Waals surface area contributed by atoms with E-state index in [9.17, 15) is 5.11 Å². The maximum Gasteiger partial charge on any atom is 0.220 e. The van der Waals surface area contributed by atoms with E-state index in [1.807, 2.05) is 0 Å². The van der Waals surface area contributed by atoms with Crippen LogP contribution in [-0.2, 0) is 24.1 Å². The minimum absolute atomic E-state index is 0.268. The maximum absolute atomic E-state index is 11.5. The highest BCUT2D eigenvalue weighted by atomic mass is 16.7. The van der Waals surface area contributed by atoms with Gasteiger partial charge in [0.25, 0.3) is 0 Å². The van der Waals surface area contributed by atoms with Gasteiger partial charge in [0, 0.05) is 21.3 Å². The summed E-state index contributed by atoms with van der Waals surface area (Å²) in [6.07, 6.45) is -2.77. The first-order valence-electron chi connectivity index (χ1n) is 4.55. The van der Waals surface area contributed by atoms with Crippen LogP contribution in [-0.4, -0.2) is 52.0 Å². The Morgan fingerprint density at radius 2 is 1.43 bits per heavy atom. The molecule has 3 unspecified atom stereocenters. The number of ether oxygens (including phenoxy) is 4. The average Bonchev–Trinajstić information content (AvgIpc) is 2.16.